The first-order chi connectivity index (χ1) is 9.26. The van der Waals surface area contributed by atoms with E-state index in [2.05, 4.69) is 4.98 Å². The average molecular weight is 305 g/mol. The van der Waals surface area contributed by atoms with Crippen molar-refractivity contribution < 1.29 is 23.8 Å². The van der Waals surface area contributed by atoms with Crippen LogP contribution in [-0.2, 0) is 13.8 Å². The van der Waals surface area contributed by atoms with Gasteiger partial charge in [0, 0.05) is 19.3 Å². The van der Waals surface area contributed by atoms with Gasteiger partial charge in [0.05, 0.1) is 12.7 Å². The number of anilines is 1. The highest BCUT2D eigenvalue weighted by Gasteiger charge is 2.36. The Labute approximate surface area is 114 Å². The number of aromatic nitrogens is 2. The van der Waals surface area contributed by atoms with Crippen molar-refractivity contribution in [2.75, 3.05) is 19.0 Å². The van der Waals surface area contributed by atoms with Crippen LogP contribution in [-0.4, -0.2) is 45.0 Å². The summed E-state index contributed by atoms with van der Waals surface area (Å²) in [6.07, 6.45) is -0.837. The first-order valence-electron chi connectivity index (χ1n) is 5.89. The first kappa shape index (κ1) is 15.1. The van der Waals surface area contributed by atoms with Gasteiger partial charge in [-0.05, 0) is 6.07 Å². The van der Waals surface area contributed by atoms with E-state index in [4.69, 9.17) is 19.9 Å². The summed E-state index contributed by atoms with van der Waals surface area (Å²) < 4.78 is 22.4. The highest BCUT2D eigenvalue weighted by molar-refractivity contribution is 7.51. The molecule has 1 aliphatic rings. The van der Waals surface area contributed by atoms with Gasteiger partial charge in [0.15, 0.2) is 0 Å². The molecule has 112 valence electrons. The van der Waals surface area contributed by atoms with Crippen LogP contribution in [0.1, 0.15) is 12.6 Å². The predicted molar refractivity (Wildman–Crippen MR) is 69.1 cm³/mol. The normalized spacial score (nSPS) is 29.2. The molecule has 1 aromatic rings. The average Bonchev–Trinajstić information content (AvgIpc) is 2.67. The van der Waals surface area contributed by atoms with Crippen LogP contribution in [0.5, 0.6) is 0 Å². The van der Waals surface area contributed by atoms with Crippen LogP contribution in [0.2, 0.25) is 0 Å². The van der Waals surface area contributed by atoms with Crippen LogP contribution < -0.4 is 11.4 Å². The number of nitrogens with two attached hydrogens (primary N) is 1. The van der Waals surface area contributed by atoms with Crippen molar-refractivity contribution in [1.82, 2.24) is 9.55 Å². The lowest BCUT2D eigenvalue weighted by Crippen LogP contribution is -2.28. The van der Waals surface area contributed by atoms with Crippen LogP contribution in [0.4, 0.5) is 5.82 Å². The molecule has 0 radical (unpaired) electrons. The van der Waals surface area contributed by atoms with Crippen LogP contribution in [0.3, 0.4) is 0 Å². The number of aliphatic hydroxyl groups excluding tert-OH is 1. The van der Waals surface area contributed by atoms with Gasteiger partial charge in [0.25, 0.3) is 0 Å². The number of aliphatic hydroxyl groups is 1. The summed E-state index contributed by atoms with van der Waals surface area (Å²) in [5, 5.41) is 9.83. The van der Waals surface area contributed by atoms with Crippen molar-refractivity contribution in [3.05, 3.63) is 22.7 Å². The maximum absolute atomic E-state index is 11.7. The molecule has 1 unspecified atom stereocenters. The van der Waals surface area contributed by atoms with Crippen LogP contribution in [0, 0.1) is 0 Å². The van der Waals surface area contributed by atoms with E-state index >= 15 is 0 Å². The zero-order valence-corrected chi connectivity index (χ0v) is 11.6. The molecular formula is C10H16N3O6P. The van der Waals surface area contributed by atoms with Crippen molar-refractivity contribution in [3.8, 4) is 0 Å². The van der Waals surface area contributed by atoms with E-state index in [-0.39, 0.29) is 18.8 Å². The molecular weight excluding hydrogens is 289 g/mol. The zero-order valence-electron chi connectivity index (χ0n) is 10.7. The number of nitrogen functional groups attached to an aromatic ring is 1. The standard InChI is InChI=1S/C10H16N3O6P/c1-20(16,17)18-5-7-6(14)4-9(19-7)13-3-2-8(11)12-10(13)15/h2-3,6-7,9,14H,4-5H2,1H3,(H,16,17)(H2,11,12,15)/t6-,7-,9-/m1/s1. The van der Waals surface area contributed by atoms with Crippen LogP contribution in [0.15, 0.2) is 17.1 Å². The van der Waals surface area contributed by atoms with Gasteiger partial charge in [-0.25, -0.2) is 4.79 Å². The largest absolute Gasteiger partial charge is 0.390 e. The predicted octanol–water partition coefficient (Wildman–Crippen LogP) is -0.694. The summed E-state index contributed by atoms with van der Waals surface area (Å²) >= 11 is 0. The molecule has 0 bridgehead atoms. The molecule has 1 aromatic heterocycles. The molecule has 0 aromatic carbocycles. The fraction of sp³-hybridized carbons (Fsp3) is 0.600. The number of ether oxygens (including phenoxy) is 1. The summed E-state index contributed by atoms with van der Waals surface area (Å²) in [5.74, 6) is 0.0943. The van der Waals surface area contributed by atoms with E-state index in [0.717, 1.165) is 6.66 Å². The van der Waals surface area contributed by atoms with Crippen molar-refractivity contribution in [3.63, 3.8) is 0 Å². The van der Waals surface area contributed by atoms with Gasteiger partial charge in [-0.2, -0.15) is 4.98 Å². The summed E-state index contributed by atoms with van der Waals surface area (Å²) in [7, 11) is -3.64. The van der Waals surface area contributed by atoms with Crippen molar-refractivity contribution in [2.45, 2.75) is 24.9 Å². The summed E-state index contributed by atoms with van der Waals surface area (Å²) in [4.78, 5) is 24.3. The van der Waals surface area contributed by atoms with Gasteiger partial charge in [-0.15, -0.1) is 0 Å². The molecule has 4 atom stereocenters. The molecule has 0 spiro atoms. The van der Waals surface area contributed by atoms with Crippen molar-refractivity contribution in [2.24, 2.45) is 0 Å². The fourth-order valence-corrected chi connectivity index (χ4v) is 2.32. The van der Waals surface area contributed by atoms with Gasteiger partial charge in [-0.1, -0.05) is 0 Å². The second-order valence-corrected chi connectivity index (χ2v) is 6.44. The molecule has 20 heavy (non-hydrogen) atoms. The van der Waals surface area contributed by atoms with Crippen molar-refractivity contribution >= 4 is 13.4 Å². The Morgan fingerprint density at radius 1 is 1.70 bits per heavy atom. The third-order valence-electron chi connectivity index (χ3n) is 2.84. The Kier molecular flexibility index (Phi) is 4.26. The molecule has 1 aliphatic heterocycles. The Morgan fingerprint density at radius 3 is 3.00 bits per heavy atom. The highest BCUT2D eigenvalue weighted by atomic mass is 31.2. The minimum absolute atomic E-state index is 0.0943. The monoisotopic (exact) mass is 305 g/mol. The smallest absolute Gasteiger partial charge is 0.351 e. The van der Waals surface area contributed by atoms with Gasteiger partial charge in [0.1, 0.15) is 18.1 Å². The fourth-order valence-electron chi connectivity index (χ4n) is 1.89. The maximum atomic E-state index is 11.7. The van der Waals surface area contributed by atoms with Crippen LogP contribution >= 0.6 is 7.60 Å². The second-order valence-electron chi connectivity index (χ2n) is 4.57. The Bertz CT molecular complexity index is 585. The SMILES string of the molecule is CP(=O)(O)OC[C@H]1O[C@@H](n2ccc(N)nc2=O)C[C@H]1O. The lowest BCUT2D eigenvalue weighted by molar-refractivity contribution is -0.0421. The highest BCUT2D eigenvalue weighted by Crippen LogP contribution is 2.38. The zero-order chi connectivity index (χ0) is 14.9. The van der Waals surface area contributed by atoms with Gasteiger partial charge >= 0.3 is 13.3 Å². The molecule has 2 heterocycles. The molecule has 0 amide bonds. The van der Waals surface area contributed by atoms with E-state index in [1.165, 1.54) is 16.8 Å². The molecule has 9 nitrogen and oxygen atoms in total. The van der Waals surface area contributed by atoms with E-state index in [1.54, 1.807) is 0 Å². The van der Waals surface area contributed by atoms with E-state index in [1.807, 2.05) is 0 Å². The second kappa shape index (κ2) is 5.63. The number of hydrogen-bond donors (Lipinski definition) is 3. The summed E-state index contributed by atoms with van der Waals surface area (Å²) in [6.45, 7) is 0.805. The third-order valence-corrected chi connectivity index (χ3v) is 3.47. The molecule has 10 heteroatoms. The Balaban J connectivity index is 2.06. The topological polar surface area (TPSA) is 137 Å². The quantitative estimate of drug-likeness (QED) is 0.621. The van der Waals surface area contributed by atoms with Gasteiger partial charge in [-0.3, -0.25) is 9.13 Å². The molecule has 0 saturated carbocycles. The van der Waals surface area contributed by atoms with Gasteiger partial charge < -0.3 is 25.0 Å². The molecule has 4 N–H and O–H groups in total. The summed E-state index contributed by atoms with van der Waals surface area (Å²) in [5.41, 5.74) is 4.79. The lowest BCUT2D eigenvalue weighted by Gasteiger charge is -2.16. The minimum Gasteiger partial charge on any atom is -0.390 e. The first-order valence-corrected chi connectivity index (χ1v) is 7.92. The maximum Gasteiger partial charge on any atom is 0.351 e. The summed E-state index contributed by atoms with van der Waals surface area (Å²) in [6, 6.07) is 1.44. The number of nitrogens with zero attached hydrogens (tertiary/aromatic N) is 2. The molecule has 2 rings (SSSR count). The van der Waals surface area contributed by atoms with Crippen molar-refractivity contribution in [1.29, 1.82) is 0 Å². The molecule has 1 fully saturated rings. The van der Waals surface area contributed by atoms with Gasteiger partial charge in [0.2, 0.25) is 0 Å². The molecule has 1 saturated heterocycles. The number of rotatable bonds is 4. The number of hydrogen-bond acceptors (Lipinski definition) is 7. The van der Waals surface area contributed by atoms with Crippen LogP contribution in [0.25, 0.3) is 0 Å². The third kappa shape index (κ3) is 3.65. The minimum atomic E-state index is -3.64. The van der Waals surface area contributed by atoms with E-state index in [9.17, 15) is 14.5 Å². The molecule has 0 aliphatic carbocycles. The van der Waals surface area contributed by atoms with E-state index in [0.29, 0.717) is 0 Å². The Morgan fingerprint density at radius 2 is 2.40 bits per heavy atom. The Hall–Kier alpha value is -1.25. The lowest BCUT2D eigenvalue weighted by atomic mass is 10.2. The van der Waals surface area contributed by atoms with E-state index < -0.39 is 31.7 Å².